The molecule has 0 saturated carbocycles. The van der Waals surface area contributed by atoms with Crippen LogP contribution in [0.2, 0.25) is 16.6 Å². The molecule has 0 amide bonds. The van der Waals surface area contributed by atoms with Crippen LogP contribution >= 0.6 is 0 Å². The average Bonchev–Trinajstić information content (AvgIpc) is 2.44. The van der Waals surface area contributed by atoms with Gasteiger partial charge in [0.2, 0.25) is 0 Å². The highest BCUT2D eigenvalue weighted by atomic mass is 28.4. The van der Waals surface area contributed by atoms with Crippen LogP contribution in [0.1, 0.15) is 58.8 Å². The molecule has 0 aliphatic heterocycles. The number of hydrogen-bond donors (Lipinski definition) is 0. The summed E-state index contributed by atoms with van der Waals surface area (Å²) in [4.78, 5) is 11.9. The Morgan fingerprint density at radius 3 is 2.05 bits per heavy atom. The number of hydrogen-bond acceptors (Lipinski definition) is 3. The van der Waals surface area contributed by atoms with Crippen molar-refractivity contribution in [3.63, 3.8) is 0 Å². The zero-order valence-electron chi connectivity index (χ0n) is 15.0. The Morgan fingerprint density at radius 2 is 1.59 bits per heavy atom. The molecule has 0 aromatic heterocycles. The highest BCUT2D eigenvalue weighted by Gasteiger charge is 2.47. The zero-order chi connectivity index (χ0) is 16.9. The molecule has 0 saturated heterocycles. The molecule has 124 valence electrons. The van der Waals surface area contributed by atoms with E-state index in [1.807, 2.05) is 25.1 Å². The van der Waals surface area contributed by atoms with Crippen LogP contribution < -0.4 is 4.43 Å². The van der Waals surface area contributed by atoms with Crippen molar-refractivity contribution in [1.29, 1.82) is 0 Å². The smallest absolute Gasteiger partial charge is 0.338 e. The molecule has 0 heterocycles. The SMILES string of the molecule is CCOC(=O)c1cccc(O[Si](C(C)C)(C(C)C)C(C)C)c1. The van der Waals surface area contributed by atoms with Gasteiger partial charge in [0.25, 0.3) is 8.32 Å². The first-order valence-electron chi connectivity index (χ1n) is 8.21. The summed E-state index contributed by atoms with van der Waals surface area (Å²) in [5.74, 6) is 0.493. The monoisotopic (exact) mass is 322 g/mol. The van der Waals surface area contributed by atoms with E-state index in [0.717, 1.165) is 5.75 Å². The maximum atomic E-state index is 11.9. The summed E-state index contributed by atoms with van der Waals surface area (Å²) < 4.78 is 11.7. The molecular formula is C18H30O3Si. The molecule has 3 nitrogen and oxygen atoms in total. The topological polar surface area (TPSA) is 35.5 Å². The van der Waals surface area contributed by atoms with Gasteiger partial charge in [-0.15, -0.1) is 0 Å². The van der Waals surface area contributed by atoms with Crippen molar-refractivity contribution in [1.82, 2.24) is 0 Å². The second kappa shape index (κ2) is 7.81. The van der Waals surface area contributed by atoms with Gasteiger partial charge in [0.05, 0.1) is 12.2 Å². The minimum absolute atomic E-state index is 0.293. The molecule has 1 rings (SSSR count). The van der Waals surface area contributed by atoms with E-state index in [1.165, 1.54) is 0 Å². The van der Waals surface area contributed by atoms with Crippen molar-refractivity contribution in [2.75, 3.05) is 6.61 Å². The second-order valence-corrected chi connectivity index (χ2v) is 12.0. The summed E-state index contributed by atoms with van der Waals surface area (Å²) in [5, 5.41) is 0. The van der Waals surface area contributed by atoms with Gasteiger partial charge in [-0.1, -0.05) is 47.6 Å². The summed E-state index contributed by atoms with van der Waals surface area (Å²) >= 11 is 0. The van der Waals surface area contributed by atoms with Gasteiger partial charge < -0.3 is 9.16 Å². The number of benzene rings is 1. The highest BCUT2D eigenvalue weighted by Crippen LogP contribution is 2.42. The van der Waals surface area contributed by atoms with Crippen molar-refractivity contribution in [2.45, 2.75) is 65.1 Å². The first-order chi connectivity index (χ1) is 10.3. The molecule has 4 heteroatoms. The quantitative estimate of drug-likeness (QED) is 0.497. The van der Waals surface area contributed by atoms with Crippen molar-refractivity contribution in [3.05, 3.63) is 29.8 Å². The van der Waals surface area contributed by atoms with Crippen LogP contribution in [-0.4, -0.2) is 20.9 Å². The van der Waals surface area contributed by atoms with Crippen molar-refractivity contribution in [2.24, 2.45) is 0 Å². The predicted octanol–water partition coefficient (Wildman–Crippen LogP) is 5.42. The van der Waals surface area contributed by atoms with E-state index in [0.29, 0.717) is 28.8 Å². The second-order valence-electron chi connectivity index (χ2n) is 6.67. The largest absolute Gasteiger partial charge is 0.543 e. The molecule has 0 atom stereocenters. The summed E-state index contributed by atoms with van der Waals surface area (Å²) in [6.45, 7) is 15.7. The summed E-state index contributed by atoms with van der Waals surface area (Å²) in [5.41, 5.74) is 2.05. The van der Waals surface area contributed by atoms with E-state index in [4.69, 9.17) is 9.16 Å². The van der Waals surface area contributed by atoms with Crippen LogP contribution in [0.25, 0.3) is 0 Å². The lowest BCUT2D eigenvalue weighted by Crippen LogP contribution is -2.50. The van der Waals surface area contributed by atoms with Crippen LogP contribution in [-0.2, 0) is 4.74 Å². The van der Waals surface area contributed by atoms with Crippen LogP contribution in [0.5, 0.6) is 5.75 Å². The van der Waals surface area contributed by atoms with E-state index in [2.05, 4.69) is 41.5 Å². The first-order valence-corrected chi connectivity index (χ1v) is 10.4. The fourth-order valence-corrected chi connectivity index (χ4v) is 8.70. The Morgan fingerprint density at radius 1 is 1.05 bits per heavy atom. The Balaban J connectivity index is 3.14. The maximum Gasteiger partial charge on any atom is 0.338 e. The van der Waals surface area contributed by atoms with Gasteiger partial charge in [0, 0.05) is 0 Å². The van der Waals surface area contributed by atoms with Crippen LogP contribution in [0.4, 0.5) is 0 Å². The molecule has 0 aliphatic rings. The molecule has 0 unspecified atom stereocenters. The standard InChI is InChI=1S/C18H30O3Si/c1-8-20-18(19)16-10-9-11-17(12-16)21-22(13(2)3,14(4)5)15(6)7/h9-15H,8H2,1-7H3. The van der Waals surface area contributed by atoms with Gasteiger partial charge in [-0.2, -0.15) is 0 Å². The molecule has 1 aromatic carbocycles. The molecular weight excluding hydrogens is 292 g/mol. The van der Waals surface area contributed by atoms with E-state index < -0.39 is 8.32 Å². The molecule has 0 radical (unpaired) electrons. The molecule has 0 aliphatic carbocycles. The molecule has 0 N–H and O–H groups in total. The number of rotatable bonds is 7. The van der Waals surface area contributed by atoms with E-state index in [9.17, 15) is 4.79 Å². The lowest BCUT2D eigenvalue weighted by molar-refractivity contribution is 0.0526. The lowest BCUT2D eigenvalue weighted by atomic mass is 10.2. The first kappa shape index (κ1) is 18.8. The molecule has 1 aromatic rings. The third-order valence-corrected chi connectivity index (χ3v) is 10.4. The Labute approximate surface area is 136 Å². The van der Waals surface area contributed by atoms with Crippen molar-refractivity contribution in [3.8, 4) is 5.75 Å². The maximum absolute atomic E-state index is 11.9. The third-order valence-electron chi connectivity index (χ3n) is 4.35. The van der Waals surface area contributed by atoms with Gasteiger partial charge in [0.1, 0.15) is 5.75 Å². The van der Waals surface area contributed by atoms with Crippen molar-refractivity contribution < 1.29 is 14.0 Å². The normalized spacial score (nSPS) is 12.1. The number of carbonyl (C=O) groups is 1. The Hall–Kier alpha value is -1.29. The molecule has 0 spiro atoms. The molecule has 0 fully saturated rings. The minimum atomic E-state index is -2.00. The zero-order valence-corrected chi connectivity index (χ0v) is 16.0. The lowest BCUT2D eigenvalue weighted by Gasteiger charge is -2.42. The van der Waals surface area contributed by atoms with Gasteiger partial charge >= 0.3 is 5.97 Å². The number of esters is 1. The van der Waals surface area contributed by atoms with Crippen LogP contribution in [0, 0.1) is 0 Å². The fourth-order valence-electron chi connectivity index (χ4n) is 3.46. The predicted molar refractivity (Wildman–Crippen MR) is 94.1 cm³/mol. The Kier molecular flexibility index (Phi) is 6.66. The van der Waals surface area contributed by atoms with Gasteiger partial charge in [-0.3, -0.25) is 0 Å². The third kappa shape index (κ3) is 3.91. The van der Waals surface area contributed by atoms with Gasteiger partial charge in [-0.25, -0.2) is 4.79 Å². The van der Waals surface area contributed by atoms with Crippen LogP contribution in [0.3, 0.4) is 0 Å². The minimum Gasteiger partial charge on any atom is -0.543 e. The average molecular weight is 323 g/mol. The van der Waals surface area contributed by atoms with E-state index in [1.54, 1.807) is 6.07 Å². The van der Waals surface area contributed by atoms with E-state index >= 15 is 0 Å². The number of carbonyl (C=O) groups excluding carboxylic acids is 1. The highest BCUT2D eigenvalue weighted by molar-refractivity contribution is 6.78. The Bertz CT molecular complexity index is 473. The molecule has 0 bridgehead atoms. The number of ether oxygens (including phenoxy) is 1. The summed E-state index contributed by atoms with van der Waals surface area (Å²) in [7, 11) is -2.00. The van der Waals surface area contributed by atoms with Gasteiger partial charge in [0.15, 0.2) is 0 Å². The van der Waals surface area contributed by atoms with Gasteiger partial charge in [-0.05, 0) is 41.7 Å². The van der Waals surface area contributed by atoms with Crippen LogP contribution in [0.15, 0.2) is 24.3 Å². The summed E-state index contributed by atoms with van der Waals surface area (Å²) in [6, 6.07) is 7.39. The summed E-state index contributed by atoms with van der Waals surface area (Å²) in [6.07, 6.45) is 0. The van der Waals surface area contributed by atoms with Crippen molar-refractivity contribution >= 4 is 14.3 Å². The molecule has 22 heavy (non-hydrogen) atoms. The van der Waals surface area contributed by atoms with E-state index in [-0.39, 0.29) is 5.97 Å². The fraction of sp³-hybridized carbons (Fsp3) is 0.611.